The Labute approximate surface area is 77.4 Å². The SMILES string of the molecule is CCCOC(C)C=C(C#N)C(=O)O. The second-order valence-electron chi connectivity index (χ2n) is 2.57. The van der Waals surface area contributed by atoms with Gasteiger partial charge in [0, 0.05) is 6.61 Å². The highest BCUT2D eigenvalue weighted by Gasteiger charge is 2.07. The second-order valence-corrected chi connectivity index (χ2v) is 2.57. The van der Waals surface area contributed by atoms with Crippen molar-refractivity contribution in [3.8, 4) is 6.07 Å². The van der Waals surface area contributed by atoms with Gasteiger partial charge in [-0.3, -0.25) is 0 Å². The van der Waals surface area contributed by atoms with Crippen molar-refractivity contribution in [2.45, 2.75) is 26.4 Å². The third-order valence-electron chi connectivity index (χ3n) is 1.34. The van der Waals surface area contributed by atoms with Crippen molar-refractivity contribution >= 4 is 5.97 Å². The van der Waals surface area contributed by atoms with Gasteiger partial charge in [-0.15, -0.1) is 0 Å². The van der Waals surface area contributed by atoms with Crippen molar-refractivity contribution in [3.63, 3.8) is 0 Å². The zero-order chi connectivity index (χ0) is 10.3. The van der Waals surface area contributed by atoms with Gasteiger partial charge < -0.3 is 9.84 Å². The fraction of sp³-hybridized carbons (Fsp3) is 0.556. The number of rotatable bonds is 5. The van der Waals surface area contributed by atoms with Crippen LogP contribution in [-0.2, 0) is 9.53 Å². The smallest absolute Gasteiger partial charge is 0.346 e. The minimum atomic E-state index is -1.21. The monoisotopic (exact) mass is 183 g/mol. The van der Waals surface area contributed by atoms with E-state index in [9.17, 15) is 4.79 Å². The molecule has 0 amide bonds. The Kier molecular flexibility index (Phi) is 5.57. The van der Waals surface area contributed by atoms with Gasteiger partial charge in [-0.1, -0.05) is 6.92 Å². The van der Waals surface area contributed by atoms with Crippen molar-refractivity contribution < 1.29 is 14.6 Å². The summed E-state index contributed by atoms with van der Waals surface area (Å²) in [7, 11) is 0. The molecule has 0 bridgehead atoms. The molecule has 0 rings (SSSR count). The Bertz CT molecular complexity index is 240. The largest absolute Gasteiger partial charge is 0.477 e. The van der Waals surface area contributed by atoms with Crippen LogP contribution >= 0.6 is 0 Å². The molecule has 0 aliphatic heterocycles. The molecule has 0 heterocycles. The normalized spacial score (nSPS) is 13.5. The van der Waals surface area contributed by atoms with Crippen LogP contribution in [0.25, 0.3) is 0 Å². The molecule has 4 nitrogen and oxygen atoms in total. The van der Waals surface area contributed by atoms with E-state index < -0.39 is 5.97 Å². The highest BCUT2D eigenvalue weighted by molar-refractivity contribution is 5.91. The Morgan fingerprint density at radius 1 is 1.77 bits per heavy atom. The topological polar surface area (TPSA) is 70.3 Å². The van der Waals surface area contributed by atoms with Crippen LogP contribution < -0.4 is 0 Å². The lowest BCUT2D eigenvalue weighted by Crippen LogP contribution is -2.09. The standard InChI is InChI=1S/C9H13NO3/c1-3-4-13-7(2)5-8(6-10)9(11)12/h5,7H,3-4H2,1-2H3,(H,11,12). The average Bonchev–Trinajstić information content (AvgIpc) is 2.10. The minimum absolute atomic E-state index is 0.274. The molecule has 4 heteroatoms. The minimum Gasteiger partial charge on any atom is -0.477 e. The zero-order valence-electron chi connectivity index (χ0n) is 7.78. The number of aliphatic carboxylic acids is 1. The number of nitriles is 1. The number of nitrogens with zero attached hydrogens (tertiary/aromatic N) is 1. The first kappa shape index (κ1) is 11.7. The van der Waals surface area contributed by atoms with Crippen LogP contribution in [0.5, 0.6) is 0 Å². The molecule has 0 aliphatic rings. The summed E-state index contributed by atoms with van der Waals surface area (Å²) in [5.41, 5.74) is -0.274. The summed E-state index contributed by atoms with van der Waals surface area (Å²) in [6.07, 6.45) is 1.84. The van der Waals surface area contributed by atoms with Crippen molar-refractivity contribution in [1.82, 2.24) is 0 Å². The van der Waals surface area contributed by atoms with Gasteiger partial charge in [0.25, 0.3) is 0 Å². The van der Waals surface area contributed by atoms with Crippen molar-refractivity contribution in [1.29, 1.82) is 5.26 Å². The summed E-state index contributed by atoms with van der Waals surface area (Å²) < 4.78 is 5.18. The third-order valence-corrected chi connectivity index (χ3v) is 1.34. The predicted octanol–water partition coefficient (Wildman–Crippen LogP) is 1.34. The molecule has 72 valence electrons. The highest BCUT2D eigenvalue weighted by Crippen LogP contribution is 2.00. The molecule has 0 fully saturated rings. The zero-order valence-corrected chi connectivity index (χ0v) is 7.78. The van der Waals surface area contributed by atoms with Gasteiger partial charge >= 0.3 is 5.97 Å². The van der Waals surface area contributed by atoms with Crippen molar-refractivity contribution in [2.24, 2.45) is 0 Å². The lowest BCUT2D eigenvalue weighted by molar-refractivity contribution is -0.132. The molecule has 13 heavy (non-hydrogen) atoms. The number of hydrogen-bond donors (Lipinski definition) is 1. The number of ether oxygens (including phenoxy) is 1. The van der Waals surface area contributed by atoms with Gasteiger partial charge in [0.15, 0.2) is 0 Å². The second kappa shape index (κ2) is 6.21. The Morgan fingerprint density at radius 3 is 2.77 bits per heavy atom. The lowest BCUT2D eigenvalue weighted by Gasteiger charge is -2.06. The predicted molar refractivity (Wildman–Crippen MR) is 47.0 cm³/mol. The van der Waals surface area contributed by atoms with Gasteiger partial charge in [0.1, 0.15) is 11.6 Å². The summed E-state index contributed by atoms with van der Waals surface area (Å²) in [6, 6.07) is 1.59. The van der Waals surface area contributed by atoms with Crippen LogP contribution in [0.3, 0.4) is 0 Å². The molecule has 1 unspecified atom stereocenters. The maximum absolute atomic E-state index is 10.4. The van der Waals surface area contributed by atoms with Crippen LogP contribution in [-0.4, -0.2) is 23.8 Å². The van der Waals surface area contributed by atoms with E-state index >= 15 is 0 Å². The Hall–Kier alpha value is -1.34. The molecule has 0 aromatic heterocycles. The van der Waals surface area contributed by atoms with E-state index in [0.29, 0.717) is 6.61 Å². The maximum Gasteiger partial charge on any atom is 0.346 e. The molecule has 0 saturated carbocycles. The van der Waals surface area contributed by atoms with Gasteiger partial charge in [0.2, 0.25) is 0 Å². The van der Waals surface area contributed by atoms with E-state index in [1.54, 1.807) is 13.0 Å². The molecule has 0 aromatic rings. The first-order chi connectivity index (χ1) is 6.11. The van der Waals surface area contributed by atoms with Crippen LogP contribution in [0.15, 0.2) is 11.6 Å². The van der Waals surface area contributed by atoms with E-state index in [4.69, 9.17) is 15.1 Å². The first-order valence-electron chi connectivity index (χ1n) is 4.08. The number of carboxylic acid groups (broad SMARTS) is 1. The van der Waals surface area contributed by atoms with E-state index in [0.717, 1.165) is 6.42 Å². The summed E-state index contributed by atoms with van der Waals surface area (Å²) in [5, 5.41) is 16.9. The molecule has 0 aromatic carbocycles. The molecule has 0 radical (unpaired) electrons. The third kappa shape index (κ3) is 4.99. The Balaban J connectivity index is 4.19. The number of carbonyl (C=O) groups is 1. The molecule has 0 saturated heterocycles. The molecule has 1 atom stereocenters. The van der Waals surface area contributed by atoms with Crippen LogP contribution in [0.4, 0.5) is 0 Å². The van der Waals surface area contributed by atoms with E-state index in [1.165, 1.54) is 6.08 Å². The molecule has 1 N–H and O–H groups in total. The van der Waals surface area contributed by atoms with Gasteiger partial charge in [0.05, 0.1) is 6.10 Å². The van der Waals surface area contributed by atoms with Crippen molar-refractivity contribution in [3.05, 3.63) is 11.6 Å². The summed E-state index contributed by atoms with van der Waals surface area (Å²) in [4.78, 5) is 10.4. The van der Waals surface area contributed by atoms with E-state index in [2.05, 4.69) is 0 Å². The molecule has 0 aliphatic carbocycles. The summed E-state index contributed by atoms with van der Waals surface area (Å²) in [5.74, 6) is -1.21. The Morgan fingerprint density at radius 2 is 2.38 bits per heavy atom. The first-order valence-corrected chi connectivity index (χ1v) is 4.08. The van der Waals surface area contributed by atoms with Gasteiger partial charge in [-0.2, -0.15) is 5.26 Å². The maximum atomic E-state index is 10.4. The molecular formula is C9H13NO3. The number of carboxylic acids is 1. The van der Waals surface area contributed by atoms with Crippen molar-refractivity contribution in [2.75, 3.05) is 6.61 Å². The quantitative estimate of drug-likeness (QED) is 0.515. The lowest BCUT2D eigenvalue weighted by atomic mass is 10.2. The highest BCUT2D eigenvalue weighted by atomic mass is 16.5. The average molecular weight is 183 g/mol. The van der Waals surface area contributed by atoms with E-state index in [-0.39, 0.29) is 11.7 Å². The number of hydrogen-bond acceptors (Lipinski definition) is 3. The van der Waals surface area contributed by atoms with Crippen LogP contribution in [0.1, 0.15) is 20.3 Å². The van der Waals surface area contributed by atoms with Gasteiger partial charge in [-0.05, 0) is 19.4 Å². The van der Waals surface area contributed by atoms with Gasteiger partial charge in [-0.25, -0.2) is 4.79 Å². The van der Waals surface area contributed by atoms with E-state index in [1.807, 2.05) is 6.92 Å². The van der Waals surface area contributed by atoms with Crippen LogP contribution in [0, 0.1) is 11.3 Å². The summed E-state index contributed by atoms with van der Waals surface area (Å²) >= 11 is 0. The fourth-order valence-electron chi connectivity index (χ4n) is 0.743. The fourth-order valence-corrected chi connectivity index (χ4v) is 0.743. The molecule has 0 spiro atoms. The summed E-state index contributed by atoms with van der Waals surface area (Å²) in [6.45, 7) is 4.23. The van der Waals surface area contributed by atoms with Crippen LogP contribution in [0.2, 0.25) is 0 Å². The molecular weight excluding hydrogens is 170 g/mol.